The van der Waals surface area contributed by atoms with Crippen molar-refractivity contribution in [1.29, 1.82) is 0 Å². The number of ether oxygens (including phenoxy) is 1. The van der Waals surface area contributed by atoms with Crippen molar-refractivity contribution in [3.8, 4) is 0 Å². The number of halogens is 2. The van der Waals surface area contributed by atoms with Gasteiger partial charge >= 0.3 is 5.97 Å². The second kappa shape index (κ2) is 10.9. The molecule has 184 valence electrons. The van der Waals surface area contributed by atoms with Crippen LogP contribution in [0, 0.1) is 18.7 Å². The summed E-state index contributed by atoms with van der Waals surface area (Å²) < 4.78 is 19.7. The topological polar surface area (TPSA) is 100 Å². The van der Waals surface area contributed by atoms with Crippen LogP contribution in [0.4, 0.5) is 16.0 Å². The summed E-state index contributed by atoms with van der Waals surface area (Å²) in [6.07, 6.45) is 1.10. The van der Waals surface area contributed by atoms with E-state index in [1.807, 2.05) is 19.1 Å². The maximum Gasteiger partial charge on any atom is 0.315 e. The van der Waals surface area contributed by atoms with Gasteiger partial charge < -0.3 is 15.0 Å². The zero-order chi connectivity index (χ0) is 24.9. The summed E-state index contributed by atoms with van der Waals surface area (Å²) in [5, 5.41) is 10.1. The lowest BCUT2D eigenvalue weighted by Crippen LogP contribution is -2.41. The number of aromatic nitrogens is 3. The molecule has 0 radical (unpaired) electrons. The number of piperidine rings is 1. The van der Waals surface area contributed by atoms with Gasteiger partial charge in [0.25, 0.3) is 5.91 Å². The Morgan fingerprint density at radius 1 is 1.23 bits per heavy atom. The minimum Gasteiger partial charge on any atom is -0.465 e. The predicted molar refractivity (Wildman–Crippen MR) is 130 cm³/mol. The molecule has 8 nitrogen and oxygen atoms in total. The Hall–Kier alpha value is -3.46. The van der Waals surface area contributed by atoms with Gasteiger partial charge in [-0.15, -0.1) is 0 Å². The van der Waals surface area contributed by atoms with E-state index in [4.69, 9.17) is 16.3 Å². The number of rotatable bonds is 7. The second-order valence-electron chi connectivity index (χ2n) is 8.47. The predicted octanol–water partition coefficient (Wildman–Crippen LogP) is 4.85. The number of anilines is 2. The highest BCUT2D eigenvalue weighted by Gasteiger charge is 2.36. The van der Waals surface area contributed by atoms with E-state index in [0.717, 1.165) is 5.69 Å². The van der Waals surface area contributed by atoms with Gasteiger partial charge in [-0.05, 0) is 56.9 Å². The minimum absolute atomic E-state index is 0.0491. The average Bonchev–Trinajstić information content (AvgIpc) is 3.26. The van der Waals surface area contributed by atoms with Crippen LogP contribution in [0.5, 0.6) is 0 Å². The number of carbonyl (C=O) groups is 2. The highest BCUT2D eigenvalue weighted by Crippen LogP contribution is 2.34. The number of hydrogen-bond donors (Lipinski definition) is 2. The van der Waals surface area contributed by atoms with Gasteiger partial charge in [-0.3, -0.25) is 14.7 Å². The molecule has 3 heterocycles. The molecule has 1 aliphatic heterocycles. The van der Waals surface area contributed by atoms with Gasteiger partial charge in [0.05, 0.1) is 22.9 Å². The minimum atomic E-state index is -0.716. The largest absolute Gasteiger partial charge is 0.465 e. The standard InChI is InChI=1S/C25H27ClFN5O3/c1-3-35-25(34)22(19-8-5-9-20(28-19)29-21-14-15(2)30-31-21)16-10-12-32(13-11-16)24(33)17-6-4-7-18(26)23(17)27/h4-9,14,16,22H,3,10-13H2,1-2H3,(H2,28,29,30,31)/t22-/m1/s1. The molecular weight excluding hydrogens is 473 g/mol. The first-order valence-corrected chi connectivity index (χ1v) is 11.9. The number of nitrogens with one attached hydrogen (secondary N) is 2. The SMILES string of the molecule is CCOC(=O)[C@@H](c1cccc(Nc2cc(C)[nH]n2)n1)C1CCN(C(=O)c2cccc(Cl)c2F)CC1. The average molecular weight is 500 g/mol. The lowest BCUT2D eigenvalue weighted by atomic mass is 9.82. The van der Waals surface area contributed by atoms with Gasteiger partial charge in [0.15, 0.2) is 11.6 Å². The molecule has 10 heteroatoms. The van der Waals surface area contributed by atoms with Gasteiger partial charge in [-0.1, -0.05) is 23.7 Å². The van der Waals surface area contributed by atoms with Gasteiger partial charge in [0.1, 0.15) is 11.7 Å². The molecule has 1 saturated heterocycles. The molecule has 1 amide bonds. The van der Waals surface area contributed by atoms with Crippen molar-refractivity contribution in [3.63, 3.8) is 0 Å². The van der Waals surface area contributed by atoms with Crippen molar-refractivity contribution < 1.29 is 18.7 Å². The van der Waals surface area contributed by atoms with Crippen molar-refractivity contribution in [2.75, 3.05) is 25.0 Å². The third kappa shape index (κ3) is 5.62. The fourth-order valence-electron chi connectivity index (χ4n) is 4.37. The zero-order valence-electron chi connectivity index (χ0n) is 19.6. The molecule has 0 unspecified atom stereocenters. The highest BCUT2D eigenvalue weighted by molar-refractivity contribution is 6.31. The van der Waals surface area contributed by atoms with Crippen LogP contribution < -0.4 is 5.32 Å². The molecule has 4 rings (SSSR count). The second-order valence-corrected chi connectivity index (χ2v) is 8.88. The summed E-state index contributed by atoms with van der Waals surface area (Å²) >= 11 is 5.84. The van der Waals surface area contributed by atoms with Gasteiger partial charge in [-0.2, -0.15) is 5.10 Å². The van der Waals surface area contributed by atoms with Crippen LogP contribution in [0.15, 0.2) is 42.5 Å². The Morgan fingerprint density at radius 3 is 2.66 bits per heavy atom. The van der Waals surface area contributed by atoms with Crippen LogP contribution in [0.3, 0.4) is 0 Å². The number of H-pyrrole nitrogens is 1. The molecule has 1 fully saturated rings. The molecule has 35 heavy (non-hydrogen) atoms. The number of hydrogen-bond acceptors (Lipinski definition) is 6. The van der Waals surface area contributed by atoms with E-state index in [9.17, 15) is 14.0 Å². The summed E-state index contributed by atoms with van der Waals surface area (Å²) in [7, 11) is 0. The molecule has 1 aliphatic rings. The molecule has 0 saturated carbocycles. The van der Waals surface area contributed by atoms with E-state index in [0.29, 0.717) is 43.3 Å². The summed E-state index contributed by atoms with van der Waals surface area (Å²) in [6, 6.07) is 11.7. The van der Waals surface area contributed by atoms with Gasteiger partial charge in [-0.25, -0.2) is 9.37 Å². The Morgan fingerprint density at radius 2 is 1.97 bits per heavy atom. The van der Waals surface area contributed by atoms with Crippen LogP contribution in [0.25, 0.3) is 0 Å². The monoisotopic (exact) mass is 499 g/mol. The number of carbonyl (C=O) groups excluding carboxylic acids is 2. The first-order valence-electron chi connectivity index (χ1n) is 11.5. The third-order valence-electron chi connectivity index (χ3n) is 6.07. The first-order chi connectivity index (χ1) is 16.9. The molecule has 1 atom stereocenters. The van der Waals surface area contributed by atoms with E-state index in [-0.39, 0.29) is 29.1 Å². The molecule has 0 spiro atoms. The van der Waals surface area contributed by atoms with E-state index < -0.39 is 17.6 Å². The number of pyridine rings is 1. The number of nitrogens with zero attached hydrogens (tertiary/aromatic N) is 3. The Labute approximate surface area is 207 Å². The fraction of sp³-hybridized carbons (Fsp3) is 0.360. The van der Waals surface area contributed by atoms with Crippen molar-refractivity contribution in [2.45, 2.75) is 32.6 Å². The molecule has 1 aromatic carbocycles. The molecule has 2 N–H and O–H groups in total. The van der Waals surface area contributed by atoms with E-state index in [1.54, 1.807) is 30.0 Å². The first kappa shape index (κ1) is 24.7. The molecular formula is C25H27ClFN5O3. The molecule has 0 bridgehead atoms. The highest BCUT2D eigenvalue weighted by atomic mass is 35.5. The van der Waals surface area contributed by atoms with Crippen molar-refractivity contribution in [1.82, 2.24) is 20.1 Å². The summed E-state index contributed by atoms with van der Waals surface area (Å²) in [4.78, 5) is 32.1. The molecule has 2 aromatic heterocycles. The summed E-state index contributed by atoms with van der Waals surface area (Å²) in [5.74, 6) is -0.956. The number of likely N-dealkylation sites (tertiary alicyclic amines) is 1. The lowest BCUT2D eigenvalue weighted by molar-refractivity contribution is -0.147. The lowest BCUT2D eigenvalue weighted by Gasteiger charge is -2.35. The van der Waals surface area contributed by atoms with Crippen LogP contribution >= 0.6 is 11.6 Å². The smallest absolute Gasteiger partial charge is 0.315 e. The van der Waals surface area contributed by atoms with Crippen molar-refractivity contribution in [3.05, 3.63) is 70.3 Å². The van der Waals surface area contributed by atoms with Crippen LogP contribution in [0.2, 0.25) is 5.02 Å². The normalized spacial score (nSPS) is 15.0. The number of amides is 1. The van der Waals surface area contributed by atoms with Crippen LogP contribution in [-0.2, 0) is 9.53 Å². The molecule has 3 aromatic rings. The van der Waals surface area contributed by atoms with Gasteiger partial charge in [0.2, 0.25) is 0 Å². The summed E-state index contributed by atoms with van der Waals surface area (Å²) in [6.45, 7) is 4.69. The Bertz CT molecular complexity index is 1210. The number of aromatic amines is 1. The van der Waals surface area contributed by atoms with Crippen molar-refractivity contribution >= 4 is 35.1 Å². The fourth-order valence-corrected chi connectivity index (χ4v) is 4.54. The summed E-state index contributed by atoms with van der Waals surface area (Å²) in [5.41, 5.74) is 1.45. The number of aryl methyl sites for hydroxylation is 1. The third-order valence-corrected chi connectivity index (χ3v) is 6.36. The number of esters is 1. The van der Waals surface area contributed by atoms with Crippen LogP contribution in [0.1, 0.15) is 47.4 Å². The van der Waals surface area contributed by atoms with Gasteiger partial charge in [0, 0.05) is 24.8 Å². The maximum atomic E-state index is 14.4. The molecule has 0 aliphatic carbocycles. The van der Waals surface area contributed by atoms with E-state index in [1.165, 1.54) is 12.1 Å². The Kier molecular flexibility index (Phi) is 7.65. The Balaban J connectivity index is 1.50. The van der Waals surface area contributed by atoms with Crippen LogP contribution in [-0.4, -0.2) is 51.7 Å². The number of benzene rings is 1. The zero-order valence-corrected chi connectivity index (χ0v) is 20.3. The maximum absolute atomic E-state index is 14.4. The van der Waals surface area contributed by atoms with E-state index in [2.05, 4.69) is 20.5 Å². The van der Waals surface area contributed by atoms with E-state index >= 15 is 0 Å². The quantitative estimate of drug-likeness (QED) is 0.451. The van der Waals surface area contributed by atoms with Crippen molar-refractivity contribution in [2.24, 2.45) is 5.92 Å².